The SMILES string of the molecule is Cc1cc(Cl)c(S(=O)(=O)N2CCN(C)CC2C)cc1N. The number of nitrogens with zero attached hydrogens (tertiary/aromatic N) is 2. The molecule has 112 valence electrons. The maximum Gasteiger partial charge on any atom is 0.244 e. The molecular weight excluding hydrogens is 298 g/mol. The van der Waals surface area contributed by atoms with E-state index in [0.29, 0.717) is 25.3 Å². The lowest BCUT2D eigenvalue weighted by molar-refractivity contribution is 0.170. The van der Waals surface area contributed by atoms with E-state index in [-0.39, 0.29) is 16.0 Å². The first-order chi connectivity index (χ1) is 9.23. The van der Waals surface area contributed by atoms with Crippen LogP contribution in [-0.4, -0.2) is 50.3 Å². The first-order valence-electron chi connectivity index (χ1n) is 6.49. The van der Waals surface area contributed by atoms with Crippen LogP contribution >= 0.6 is 11.6 Å². The average Bonchev–Trinajstić information content (AvgIpc) is 2.33. The molecule has 1 saturated heterocycles. The van der Waals surface area contributed by atoms with Gasteiger partial charge in [-0.1, -0.05) is 11.6 Å². The van der Waals surface area contributed by atoms with Crippen molar-refractivity contribution in [1.29, 1.82) is 0 Å². The number of nitrogens with two attached hydrogens (primary N) is 1. The Balaban J connectivity index is 2.43. The fourth-order valence-corrected chi connectivity index (χ4v) is 4.68. The zero-order valence-electron chi connectivity index (χ0n) is 11.9. The van der Waals surface area contributed by atoms with Crippen LogP contribution in [-0.2, 0) is 10.0 Å². The Hall–Kier alpha value is -0.820. The van der Waals surface area contributed by atoms with Gasteiger partial charge in [0.2, 0.25) is 10.0 Å². The van der Waals surface area contributed by atoms with Crippen molar-refractivity contribution in [3.05, 3.63) is 22.7 Å². The number of hydrogen-bond acceptors (Lipinski definition) is 4. The minimum absolute atomic E-state index is 0.0858. The second-order valence-electron chi connectivity index (χ2n) is 5.37. The largest absolute Gasteiger partial charge is 0.398 e. The second-order valence-corrected chi connectivity index (χ2v) is 7.63. The number of aryl methyl sites for hydroxylation is 1. The first kappa shape index (κ1) is 15.6. The van der Waals surface area contributed by atoms with Gasteiger partial charge in [-0.2, -0.15) is 4.31 Å². The number of benzene rings is 1. The van der Waals surface area contributed by atoms with E-state index in [1.807, 2.05) is 14.0 Å². The number of anilines is 1. The van der Waals surface area contributed by atoms with Crippen LogP contribution in [0.4, 0.5) is 5.69 Å². The number of piperazine rings is 1. The van der Waals surface area contributed by atoms with Crippen LogP contribution in [0.1, 0.15) is 12.5 Å². The van der Waals surface area contributed by atoms with Gasteiger partial charge in [-0.05, 0) is 38.6 Å². The third-order valence-electron chi connectivity index (χ3n) is 3.68. The van der Waals surface area contributed by atoms with Gasteiger partial charge in [-0.15, -0.1) is 0 Å². The van der Waals surface area contributed by atoms with Crippen LogP contribution in [0.3, 0.4) is 0 Å². The maximum absolute atomic E-state index is 12.8. The Labute approximate surface area is 125 Å². The van der Waals surface area contributed by atoms with E-state index in [1.165, 1.54) is 10.4 Å². The Morgan fingerprint density at radius 1 is 1.35 bits per heavy atom. The predicted octanol–water partition coefficient (Wildman–Crippen LogP) is 1.56. The molecule has 1 aromatic carbocycles. The highest BCUT2D eigenvalue weighted by molar-refractivity contribution is 7.89. The Kier molecular flexibility index (Phi) is 4.30. The van der Waals surface area contributed by atoms with Crippen molar-refractivity contribution in [2.75, 3.05) is 32.4 Å². The van der Waals surface area contributed by atoms with Gasteiger partial charge in [0.15, 0.2) is 0 Å². The summed E-state index contributed by atoms with van der Waals surface area (Å²) in [5.41, 5.74) is 7.04. The normalized spacial score (nSPS) is 22.1. The van der Waals surface area contributed by atoms with Crippen LogP contribution < -0.4 is 5.73 Å². The molecule has 2 N–H and O–H groups in total. The molecule has 0 amide bonds. The predicted molar refractivity (Wildman–Crippen MR) is 81.5 cm³/mol. The van der Waals surface area contributed by atoms with Crippen LogP contribution in [0.25, 0.3) is 0 Å². The van der Waals surface area contributed by atoms with E-state index >= 15 is 0 Å². The number of nitrogen functional groups attached to an aromatic ring is 1. The summed E-state index contributed by atoms with van der Waals surface area (Å²) in [5.74, 6) is 0. The zero-order valence-corrected chi connectivity index (χ0v) is 13.5. The monoisotopic (exact) mass is 317 g/mol. The van der Waals surface area contributed by atoms with Crippen LogP contribution in [0, 0.1) is 6.92 Å². The van der Waals surface area contributed by atoms with E-state index < -0.39 is 10.0 Å². The smallest absolute Gasteiger partial charge is 0.244 e. The molecule has 7 heteroatoms. The highest BCUT2D eigenvalue weighted by Crippen LogP contribution is 2.30. The summed E-state index contributed by atoms with van der Waals surface area (Å²) in [6.45, 7) is 5.58. The fraction of sp³-hybridized carbons (Fsp3) is 0.538. The molecule has 0 saturated carbocycles. The van der Waals surface area contributed by atoms with Crippen LogP contribution in [0.2, 0.25) is 5.02 Å². The molecule has 20 heavy (non-hydrogen) atoms. The summed E-state index contributed by atoms with van der Waals surface area (Å²) in [6, 6.07) is 2.97. The van der Waals surface area contributed by atoms with Gasteiger partial charge in [0.05, 0.1) is 5.02 Å². The highest BCUT2D eigenvalue weighted by Gasteiger charge is 2.34. The molecule has 1 heterocycles. The number of sulfonamides is 1. The van der Waals surface area contributed by atoms with Crippen molar-refractivity contribution in [3.8, 4) is 0 Å². The van der Waals surface area contributed by atoms with Crippen molar-refractivity contribution >= 4 is 27.3 Å². The van der Waals surface area contributed by atoms with Crippen molar-refractivity contribution < 1.29 is 8.42 Å². The average molecular weight is 318 g/mol. The Morgan fingerprint density at radius 2 is 2.00 bits per heavy atom. The third-order valence-corrected chi connectivity index (χ3v) is 6.16. The van der Waals surface area contributed by atoms with E-state index in [0.717, 1.165) is 5.56 Å². The van der Waals surface area contributed by atoms with E-state index in [9.17, 15) is 8.42 Å². The standard InChI is InChI=1S/C13H20ClN3O2S/c1-9-6-11(14)13(7-12(9)15)20(18,19)17-5-4-16(3)8-10(17)2/h6-7,10H,4-5,8,15H2,1-3H3. The molecule has 2 rings (SSSR count). The topological polar surface area (TPSA) is 66.6 Å². The fourth-order valence-electron chi connectivity index (χ4n) is 2.47. The van der Waals surface area contributed by atoms with Gasteiger partial charge in [-0.25, -0.2) is 8.42 Å². The van der Waals surface area contributed by atoms with Gasteiger partial charge < -0.3 is 10.6 Å². The zero-order chi connectivity index (χ0) is 15.1. The molecule has 1 unspecified atom stereocenters. The summed E-state index contributed by atoms with van der Waals surface area (Å²) in [7, 11) is -1.63. The molecule has 0 radical (unpaired) electrons. The third kappa shape index (κ3) is 2.79. The molecule has 0 bridgehead atoms. The minimum Gasteiger partial charge on any atom is -0.398 e. The van der Waals surface area contributed by atoms with Crippen molar-refractivity contribution in [3.63, 3.8) is 0 Å². The Morgan fingerprint density at radius 3 is 2.60 bits per heavy atom. The summed E-state index contributed by atoms with van der Waals surface area (Å²) >= 11 is 6.11. The summed E-state index contributed by atoms with van der Waals surface area (Å²) in [6.07, 6.45) is 0. The second kappa shape index (κ2) is 5.52. The summed E-state index contributed by atoms with van der Waals surface area (Å²) < 4.78 is 27.0. The van der Waals surface area contributed by atoms with E-state index in [4.69, 9.17) is 17.3 Å². The van der Waals surface area contributed by atoms with Gasteiger partial charge in [0.1, 0.15) is 4.90 Å². The van der Waals surface area contributed by atoms with Gasteiger partial charge in [0.25, 0.3) is 0 Å². The van der Waals surface area contributed by atoms with Crippen molar-refractivity contribution in [2.24, 2.45) is 0 Å². The van der Waals surface area contributed by atoms with Crippen molar-refractivity contribution in [2.45, 2.75) is 24.8 Å². The van der Waals surface area contributed by atoms with Gasteiger partial charge in [-0.3, -0.25) is 0 Å². The van der Waals surface area contributed by atoms with Crippen molar-refractivity contribution in [1.82, 2.24) is 9.21 Å². The first-order valence-corrected chi connectivity index (χ1v) is 8.31. The van der Waals surface area contributed by atoms with E-state index in [2.05, 4.69) is 4.90 Å². The molecule has 1 fully saturated rings. The Bertz CT molecular complexity index is 618. The lowest BCUT2D eigenvalue weighted by Gasteiger charge is -2.37. The molecule has 1 atom stereocenters. The lowest BCUT2D eigenvalue weighted by atomic mass is 10.2. The van der Waals surface area contributed by atoms with E-state index in [1.54, 1.807) is 13.0 Å². The highest BCUT2D eigenvalue weighted by atomic mass is 35.5. The molecule has 1 aliphatic rings. The number of halogens is 1. The molecule has 0 spiro atoms. The lowest BCUT2D eigenvalue weighted by Crippen LogP contribution is -2.52. The number of hydrogen-bond donors (Lipinski definition) is 1. The summed E-state index contributed by atoms with van der Waals surface area (Å²) in [4.78, 5) is 2.21. The molecule has 1 aliphatic heterocycles. The molecular formula is C13H20ClN3O2S. The summed E-state index contributed by atoms with van der Waals surface area (Å²) in [5, 5.41) is 0.225. The molecule has 0 aromatic heterocycles. The molecule has 1 aromatic rings. The number of likely N-dealkylation sites (N-methyl/N-ethyl adjacent to an activating group) is 1. The van der Waals surface area contributed by atoms with Crippen LogP contribution in [0.15, 0.2) is 17.0 Å². The van der Waals surface area contributed by atoms with Crippen LogP contribution in [0.5, 0.6) is 0 Å². The molecule has 5 nitrogen and oxygen atoms in total. The minimum atomic E-state index is -3.61. The number of rotatable bonds is 2. The maximum atomic E-state index is 12.8. The molecule has 0 aliphatic carbocycles. The van der Waals surface area contributed by atoms with Gasteiger partial charge in [0, 0.05) is 31.4 Å². The quantitative estimate of drug-likeness (QED) is 0.841. The van der Waals surface area contributed by atoms with Gasteiger partial charge >= 0.3 is 0 Å².